The minimum Gasteiger partial charge on any atom is -0.478 e. The first-order valence-corrected chi connectivity index (χ1v) is 12.1. The quantitative estimate of drug-likeness (QED) is 0.265. The van der Waals surface area contributed by atoms with Crippen LogP contribution in [0.15, 0.2) is 84.9 Å². The van der Waals surface area contributed by atoms with Gasteiger partial charge in [0.05, 0.1) is 33.6 Å². The number of benzene rings is 4. The number of fused-ring (bicyclic) bond motifs is 4. The normalized spacial score (nSPS) is 14.9. The zero-order chi connectivity index (χ0) is 27.0. The van der Waals surface area contributed by atoms with Gasteiger partial charge >= 0.3 is 5.97 Å². The molecule has 1 aliphatic carbocycles. The SMILES string of the molecule is O=C(O)c1ccc2c(c1)C(=O)N(c1cccc3ccc(C4C(=O)c5cc6ccccc6cc5C4=O)nc13)C2=O. The zero-order valence-electron chi connectivity index (χ0n) is 20.0. The Hall–Kier alpha value is -5.50. The maximum Gasteiger partial charge on any atom is 0.335 e. The fourth-order valence-corrected chi connectivity index (χ4v) is 5.43. The number of Topliss-reactive ketones (excluding diaryl/α,β-unsaturated/α-hetero) is 2. The van der Waals surface area contributed by atoms with Crippen molar-refractivity contribution in [2.45, 2.75) is 5.92 Å². The molecular weight excluding hydrogens is 496 g/mol. The first-order chi connectivity index (χ1) is 18.8. The molecular formula is C31H16N2O6. The maximum absolute atomic E-state index is 13.4. The van der Waals surface area contributed by atoms with E-state index in [4.69, 9.17) is 0 Å². The van der Waals surface area contributed by atoms with Crippen molar-refractivity contribution in [2.75, 3.05) is 4.90 Å². The van der Waals surface area contributed by atoms with E-state index in [-0.39, 0.29) is 45.2 Å². The van der Waals surface area contributed by atoms with E-state index in [1.165, 1.54) is 18.2 Å². The summed E-state index contributed by atoms with van der Waals surface area (Å²) in [5.74, 6) is -4.36. The van der Waals surface area contributed by atoms with Crippen LogP contribution in [0.4, 0.5) is 5.69 Å². The number of carbonyl (C=O) groups is 5. The Morgan fingerprint density at radius 3 is 1.97 bits per heavy atom. The van der Waals surface area contributed by atoms with E-state index in [1.807, 2.05) is 24.3 Å². The summed E-state index contributed by atoms with van der Waals surface area (Å²) in [6.07, 6.45) is 0. The second-order valence-corrected chi connectivity index (χ2v) is 9.50. The third-order valence-electron chi connectivity index (χ3n) is 7.33. The Kier molecular flexibility index (Phi) is 4.65. The van der Waals surface area contributed by atoms with E-state index in [2.05, 4.69) is 4.98 Å². The predicted molar refractivity (Wildman–Crippen MR) is 142 cm³/mol. The van der Waals surface area contributed by atoms with Crippen LogP contribution in [0.2, 0.25) is 0 Å². The molecule has 0 fully saturated rings. The molecule has 2 amide bonds. The molecule has 186 valence electrons. The summed E-state index contributed by atoms with van der Waals surface area (Å²) in [5, 5.41) is 11.6. The molecule has 39 heavy (non-hydrogen) atoms. The van der Waals surface area contributed by atoms with Crippen LogP contribution in [-0.2, 0) is 0 Å². The van der Waals surface area contributed by atoms with E-state index < -0.39 is 23.7 Å². The van der Waals surface area contributed by atoms with Gasteiger partial charge in [-0.3, -0.25) is 19.2 Å². The van der Waals surface area contributed by atoms with Gasteiger partial charge in [-0.05, 0) is 53.2 Å². The monoisotopic (exact) mass is 512 g/mol. The number of hydrogen-bond acceptors (Lipinski definition) is 6. The van der Waals surface area contributed by atoms with Crippen molar-refractivity contribution in [1.29, 1.82) is 0 Å². The minimum absolute atomic E-state index is 0.0169. The molecule has 0 radical (unpaired) electrons. The number of imide groups is 1. The third kappa shape index (κ3) is 3.18. The highest BCUT2D eigenvalue weighted by molar-refractivity contribution is 6.36. The van der Waals surface area contributed by atoms with Crippen LogP contribution in [0.5, 0.6) is 0 Å². The molecule has 1 aliphatic heterocycles. The van der Waals surface area contributed by atoms with Crippen LogP contribution in [-0.4, -0.2) is 39.4 Å². The van der Waals surface area contributed by atoms with Crippen molar-refractivity contribution < 1.29 is 29.1 Å². The van der Waals surface area contributed by atoms with Crippen molar-refractivity contribution in [2.24, 2.45) is 0 Å². The summed E-state index contributed by atoms with van der Waals surface area (Å²) in [7, 11) is 0. The van der Waals surface area contributed by atoms with Crippen molar-refractivity contribution >= 4 is 56.7 Å². The van der Waals surface area contributed by atoms with Gasteiger partial charge in [-0.25, -0.2) is 14.7 Å². The molecule has 8 nitrogen and oxygen atoms in total. The van der Waals surface area contributed by atoms with Gasteiger partial charge in [-0.1, -0.05) is 42.5 Å². The number of ketones is 2. The molecule has 0 atom stereocenters. The number of aromatic carboxylic acids is 1. The van der Waals surface area contributed by atoms with Crippen molar-refractivity contribution in [3.63, 3.8) is 0 Å². The van der Waals surface area contributed by atoms with Crippen molar-refractivity contribution in [3.8, 4) is 0 Å². The Bertz CT molecular complexity index is 1940. The molecule has 0 unspecified atom stereocenters. The summed E-state index contributed by atoms with van der Waals surface area (Å²) >= 11 is 0. The highest BCUT2D eigenvalue weighted by Gasteiger charge is 2.42. The van der Waals surface area contributed by atoms with E-state index in [1.54, 1.807) is 42.5 Å². The Labute approximate surface area is 220 Å². The number of nitrogens with zero attached hydrogens (tertiary/aromatic N) is 2. The number of aromatic nitrogens is 1. The van der Waals surface area contributed by atoms with Gasteiger partial charge in [0.25, 0.3) is 11.8 Å². The zero-order valence-corrected chi connectivity index (χ0v) is 20.0. The van der Waals surface area contributed by atoms with Crippen molar-refractivity contribution in [1.82, 2.24) is 4.98 Å². The van der Waals surface area contributed by atoms with Gasteiger partial charge in [0.2, 0.25) is 0 Å². The highest BCUT2D eigenvalue weighted by Crippen LogP contribution is 2.38. The first kappa shape index (κ1) is 22.7. The lowest BCUT2D eigenvalue weighted by atomic mass is 9.98. The molecule has 5 aromatic rings. The molecule has 0 saturated heterocycles. The molecule has 0 spiro atoms. The van der Waals surface area contributed by atoms with Crippen LogP contribution in [0.3, 0.4) is 0 Å². The molecule has 0 saturated carbocycles. The Balaban J connectivity index is 1.34. The summed E-state index contributed by atoms with van der Waals surface area (Å²) in [5.41, 5.74) is 1.30. The number of carboxylic acids is 1. The van der Waals surface area contributed by atoms with Crippen LogP contribution < -0.4 is 4.90 Å². The number of amides is 2. The summed E-state index contributed by atoms with van der Waals surface area (Å²) < 4.78 is 0. The van der Waals surface area contributed by atoms with Gasteiger partial charge in [0, 0.05) is 16.5 Å². The lowest BCUT2D eigenvalue weighted by Gasteiger charge is -2.17. The second kappa shape index (κ2) is 8.00. The average Bonchev–Trinajstić information content (AvgIpc) is 3.34. The van der Waals surface area contributed by atoms with Gasteiger partial charge in [-0.2, -0.15) is 0 Å². The van der Waals surface area contributed by atoms with E-state index in [0.717, 1.165) is 15.7 Å². The number of carboxylic acid groups (broad SMARTS) is 1. The summed E-state index contributed by atoms with van der Waals surface area (Å²) in [6, 6.07) is 23.0. The van der Waals surface area contributed by atoms with Crippen molar-refractivity contribution in [3.05, 3.63) is 118 Å². The third-order valence-corrected chi connectivity index (χ3v) is 7.33. The van der Waals surface area contributed by atoms with Crippen LogP contribution >= 0.6 is 0 Å². The molecule has 1 aromatic heterocycles. The summed E-state index contributed by atoms with van der Waals surface area (Å²) in [4.78, 5) is 70.5. The molecule has 0 bridgehead atoms. The van der Waals surface area contributed by atoms with E-state index in [9.17, 15) is 29.1 Å². The largest absolute Gasteiger partial charge is 0.478 e. The fourth-order valence-electron chi connectivity index (χ4n) is 5.43. The number of para-hydroxylation sites is 1. The van der Waals surface area contributed by atoms with Crippen LogP contribution in [0.1, 0.15) is 63.4 Å². The molecule has 4 aromatic carbocycles. The summed E-state index contributed by atoms with van der Waals surface area (Å²) in [6.45, 7) is 0. The topological polar surface area (TPSA) is 122 Å². The maximum atomic E-state index is 13.4. The molecule has 2 aliphatic rings. The molecule has 7 rings (SSSR count). The number of hydrogen-bond donors (Lipinski definition) is 1. The van der Waals surface area contributed by atoms with Crippen LogP contribution in [0, 0.1) is 0 Å². The van der Waals surface area contributed by atoms with Gasteiger partial charge in [-0.15, -0.1) is 0 Å². The number of pyridine rings is 1. The molecule has 1 N–H and O–H groups in total. The lowest BCUT2D eigenvalue weighted by molar-refractivity contribution is 0.0695. The Morgan fingerprint density at radius 2 is 1.31 bits per heavy atom. The average molecular weight is 512 g/mol. The minimum atomic E-state index is -1.22. The molecule has 8 heteroatoms. The van der Waals surface area contributed by atoms with Gasteiger partial charge < -0.3 is 5.11 Å². The second-order valence-electron chi connectivity index (χ2n) is 9.50. The molecule has 2 heterocycles. The van der Waals surface area contributed by atoms with E-state index >= 15 is 0 Å². The standard InChI is InChI=1S/C31H16N2O6/c34-27-20-12-16-4-1-2-5-17(16)13-21(20)28(35)25(27)23-11-9-15-6-3-7-24(26(15)32-23)33-29(36)19-10-8-18(31(38)39)14-22(19)30(33)37/h1-14,25H,(H,38,39). The highest BCUT2D eigenvalue weighted by atomic mass is 16.4. The van der Waals surface area contributed by atoms with Gasteiger partial charge in [0.15, 0.2) is 11.6 Å². The first-order valence-electron chi connectivity index (χ1n) is 12.1. The van der Waals surface area contributed by atoms with Crippen LogP contribution in [0.25, 0.3) is 21.7 Å². The number of anilines is 1. The smallest absolute Gasteiger partial charge is 0.335 e. The predicted octanol–water partition coefficient (Wildman–Crippen LogP) is 5.05. The fraction of sp³-hybridized carbons (Fsp3) is 0.0323. The Morgan fingerprint density at radius 1 is 0.667 bits per heavy atom. The van der Waals surface area contributed by atoms with Gasteiger partial charge in [0.1, 0.15) is 5.92 Å². The number of carbonyl (C=O) groups excluding carboxylic acids is 4. The number of rotatable bonds is 3. The lowest BCUT2D eigenvalue weighted by Crippen LogP contribution is -2.29. The van der Waals surface area contributed by atoms with E-state index in [0.29, 0.717) is 16.5 Å².